The minimum absolute atomic E-state index is 0.0155. The highest BCUT2D eigenvalue weighted by Crippen LogP contribution is 2.59. The van der Waals surface area contributed by atoms with E-state index in [9.17, 15) is 23.1 Å². The fourth-order valence-electron chi connectivity index (χ4n) is 3.06. The minimum Gasteiger partial charge on any atom is -0.481 e. The van der Waals surface area contributed by atoms with Gasteiger partial charge in [-0.2, -0.15) is 11.8 Å². The van der Waals surface area contributed by atoms with Crippen LogP contribution in [0.3, 0.4) is 0 Å². The number of carboxylic acids is 1. The smallest absolute Gasteiger partial charge is 0.307 e. The third-order valence-corrected chi connectivity index (χ3v) is 7.83. The molecule has 0 aromatic rings. The zero-order chi connectivity index (χ0) is 16.0. The summed E-state index contributed by atoms with van der Waals surface area (Å²) >= 11 is 1.52. The lowest BCUT2D eigenvalue weighted by molar-refractivity contribution is -0.142. The molecule has 0 bridgehead atoms. The van der Waals surface area contributed by atoms with E-state index in [0.29, 0.717) is 18.1 Å². The Balaban J connectivity index is 2.23. The topological polar surface area (TPSA) is 91.8 Å². The van der Waals surface area contributed by atoms with Crippen LogP contribution in [0.1, 0.15) is 20.8 Å². The highest BCUT2D eigenvalue weighted by molar-refractivity contribution is 8.01. The predicted molar refractivity (Wildman–Crippen MR) is 80.7 cm³/mol. The summed E-state index contributed by atoms with van der Waals surface area (Å²) in [5.74, 6) is -1.61. The van der Waals surface area contributed by atoms with Crippen molar-refractivity contribution in [2.45, 2.75) is 26.1 Å². The summed E-state index contributed by atoms with van der Waals surface area (Å²) in [6.45, 7) is 5.43. The molecule has 2 rings (SSSR count). The Kier molecular flexibility index (Phi) is 4.32. The van der Waals surface area contributed by atoms with Crippen molar-refractivity contribution in [3.05, 3.63) is 0 Å². The molecule has 3 atom stereocenters. The number of sulfone groups is 1. The van der Waals surface area contributed by atoms with E-state index in [1.807, 2.05) is 0 Å². The van der Waals surface area contributed by atoms with Crippen LogP contribution in [0.5, 0.6) is 0 Å². The summed E-state index contributed by atoms with van der Waals surface area (Å²) in [6, 6.07) is 0. The SMILES string of the molecule is CCS(=O)(=O)C1CSCCN1C(=O)C1C(C(=O)O)C1(C)C. The second-order valence-electron chi connectivity index (χ2n) is 6.13. The van der Waals surface area contributed by atoms with E-state index in [1.165, 1.54) is 16.7 Å². The lowest BCUT2D eigenvalue weighted by Crippen LogP contribution is -2.51. The molecule has 0 spiro atoms. The van der Waals surface area contributed by atoms with Crippen molar-refractivity contribution in [3.8, 4) is 0 Å². The molecule has 1 aliphatic heterocycles. The van der Waals surface area contributed by atoms with Gasteiger partial charge in [-0.05, 0) is 5.41 Å². The highest BCUT2D eigenvalue weighted by atomic mass is 32.2. The van der Waals surface area contributed by atoms with Gasteiger partial charge in [-0.15, -0.1) is 0 Å². The Hall–Kier alpha value is -0.760. The zero-order valence-corrected chi connectivity index (χ0v) is 14.0. The maximum Gasteiger partial charge on any atom is 0.307 e. The molecule has 8 heteroatoms. The molecule has 120 valence electrons. The summed E-state index contributed by atoms with van der Waals surface area (Å²) in [7, 11) is -3.36. The number of hydrogen-bond donors (Lipinski definition) is 1. The van der Waals surface area contributed by atoms with E-state index in [-0.39, 0.29) is 11.7 Å². The highest BCUT2D eigenvalue weighted by Gasteiger charge is 2.67. The Morgan fingerprint density at radius 1 is 1.33 bits per heavy atom. The lowest BCUT2D eigenvalue weighted by Gasteiger charge is -2.35. The maximum absolute atomic E-state index is 12.7. The summed E-state index contributed by atoms with van der Waals surface area (Å²) < 4.78 is 24.3. The van der Waals surface area contributed by atoms with Gasteiger partial charge in [0.2, 0.25) is 5.91 Å². The zero-order valence-electron chi connectivity index (χ0n) is 12.4. The van der Waals surface area contributed by atoms with Crippen LogP contribution >= 0.6 is 11.8 Å². The van der Waals surface area contributed by atoms with E-state index in [1.54, 1.807) is 20.8 Å². The maximum atomic E-state index is 12.7. The molecule has 0 aromatic carbocycles. The van der Waals surface area contributed by atoms with E-state index >= 15 is 0 Å². The van der Waals surface area contributed by atoms with Gasteiger partial charge in [0.25, 0.3) is 0 Å². The largest absolute Gasteiger partial charge is 0.481 e. The fraction of sp³-hybridized carbons (Fsp3) is 0.846. The molecular formula is C13H21NO5S2. The van der Waals surface area contributed by atoms with Gasteiger partial charge in [0.05, 0.1) is 11.8 Å². The van der Waals surface area contributed by atoms with E-state index in [0.717, 1.165) is 0 Å². The summed E-state index contributed by atoms with van der Waals surface area (Å²) in [5.41, 5.74) is -0.603. The molecule has 1 saturated carbocycles. The van der Waals surface area contributed by atoms with Crippen LogP contribution in [0.25, 0.3) is 0 Å². The molecule has 0 radical (unpaired) electrons. The van der Waals surface area contributed by atoms with Gasteiger partial charge in [0, 0.05) is 23.8 Å². The normalized spacial score (nSPS) is 31.8. The van der Waals surface area contributed by atoms with Crippen LogP contribution in [0.15, 0.2) is 0 Å². The van der Waals surface area contributed by atoms with Crippen molar-refractivity contribution in [1.82, 2.24) is 4.90 Å². The van der Waals surface area contributed by atoms with Crippen molar-refractivity contribution < 1.29 is 23.1 Å². The molecule has 21 heavy (non-hydrogen) atoms. The van der Waals surface area contributed by atoms with Crippen molar-refractivity contribution in [1.29, 1.82) is 0 Å². The Morgan fingerprint density at radius 2 is 1.95 bits per heavy atom. The van der Waals surface area contributed by atoms with Gasteiger partial charge >= 0.3 is 5.97 Å². The molecule has 2 fully saturated rings. The first-order valence-corrected chi connectivity index (χ1v) is 9.84. The number of rotatable bonds is 4. The molecule has 1 amide bonds. The molecule has 2 aliphatic rings. The second-order valence-corrected chi connectivity index (χ2v) is 9.72. The van der Waals surface area contributed by atoms with Gasteiger partial charge in [-0.1, -0.05) is 20.8 Å². The Labute approximate surface area is 129 Å². The van der Waals surface area contributed by atoms with Crippen molar-refractivity contribution >= 4 is 33.5 Å². The molecule has 6 nitrogen and oxygen atoms in total. The molecule has 3 unspecified atom stereocenters. The molecule has 1 N–H and O–H groups in total. The average molecular weight is 335 g/mol. The van der Waals surface area contributed by atoms with Gasteiger partial charge in [-0.25, -0.2) is 8.42 Å². The molecule has 1 aliphatic carbocycles. The summed E-state index contributed by atoms with van der Waals surface area (Å²) in [4.78, 5) is 25.3. The van der Waals surface area contributed by atoms with E-state index in [4.69, 9.17) is 0 Å². The van der Waals surface area contributed by atoms with Crippen molar-refractivity contribution in [3.63, 3.8) is 0 Å². The lowest BCUT2D eigenvalue weighted by atomic mass is 10.1. The van der Waals surface area contributed by atoms with Crippen LogP contribution in [0, 0.1) is 17.3 Å². The van der Waals surface area contributed by atoms with Gasteiger partial charge in [0.15, 0.2) is 9.84 Å². The van der Waals surface area contributed by atoms with Gasteiger partial charge in [0.1, 0.15) is 5.37 Å². The summed E-state index contributed by atoms with van der Waals surface area (Å²) in [5, 5.41) is 8.37. The monoisotopic (exact) mass is 335 g/mol. The molecule has 1 heterocycles. The third kappa shape index (κ3) is 2.79. The third-order valence-electron chi connectivity index (χ3n) is 4.54. The van der Waals surface area contributed by atoms with Crippen LogP contribution < -0.4 is 0 Å². The molecular weight excluding hydrogens is 314 g/mol. The first kappa shape index (κ1) is 16.6. The number of carboxylic acid groups (broad SMARTS) is 1. The Bertz CT molecular complexity index is 557. The number of amides is 1. The second kappa shape index (κ2) is 5.46. The van der Waals surface area contributed by atoms with E-state index in [2.05, 4.69) is 0 Å². The van der Waals surface area contributed by atoms with Crippen molar-refractivity contribution in [2.75, 3.05) is 23.8 Å². The van der Waals surface area contributed by atoms with Crippen LogP contribution in [0.4, 0.5) is 0 Å². The standard InChI is InChI=1S/C13H21NO5S2/c1-4-21(18,19)8-7-20-6-5-14(8)11(15)9-10(12(16)17)13(9,2)3/h8-10H,4-7H2,1-3H3,(H,16,17). The number of aliphatic carboxylic acids is 1. The van der Waals surface area contributed by atoms with Crippen LogP contribution in [-0.4, -0.2) is 59.5 Å². The number of carbonyl (C=O) groups excluding carboxylic acids is 1. The number of carbonyl (C=O) groups is 2. The predicted octanol–water partition coefficient (Wildman–Crippen LogP) is 0.679. The summed E-state index contributed by atoms with van der Waals surface area (Å²) in [6.07, 6.45) is 0. The van der Waals surface area contributed by atoms with Gasteiger partial charge in [-0.3, -0.25) is 9.59 Å². The molecule has 1 saturated heterocycles. The van der Waals surface area contributed by atoms with Gasteiger partial charge < -0.3 is 10.0 Å². The van der Waals surface area contributed by atoms with Crippen LogP contribution in [-0.2, 0) is 19.4 Å². The Morgan fingerprint density at radius 3 is 2.43 bits per heavy atom. The number of nitrogens with zero attached hydrogens (tertiary/aromatic N) is 1. The number of thioether (sulfide) groups is 1. The molecule has 0 aromatic heterocycles. The minimum atomic E-state index is -3.36. The van der Waals surface area contributed by atoms with E-state index < -0.39 is 38.4 Å². The number of hydrogen-bond acceptors (Lipinski definition) is 5. The fourth-order valence-corrected chi connectivity index (χ4v) is 6.04. The van der Waals surface area contributed by atoms with Crippen LogP contribution in [0.2, 0.25) is 0 Å². The quantitative estimate of drug-likeness (QED) is 0.812. The van der Waals surface area contributed by atoms with Crippen molar-refractivity contribution in [2.24, 2.45) is 17.3 Å². The first-order chi connectivity index (χ1) is 9.64. The first-order valence-electron chi connectivity index (χ1n) is 6.97. The average Bonchev–Trinajstić information content (AvgIpc) is 3.01.